The van der Waals surface area contributed by atoms with Crippen molar-refractivity contribution < 1.29 is 14.4 Å². The number of amides is 3. The molecule has 0 spiro atoms. The van der Waals surface area contributed by atoms with E-state index in [0.717, 1.165) is 17.7 Å². The zero-order chi connectivity index (χ0) is 26.4. The summed E-state index contributed by atoms with van der Waals surface area (Å²) < 4.78 is 0. The number of nitrogens with zero attached hydrogens (tertiary/aromatic N) is 2. The van der Waals surface area contributed by atoms with Crippen LogP contribution in [0.1, 0.15) is 39.6 Å². The Hall–Kier alpha value is -3.55. The number of carbonyl (C=O) groups is 3. The molecule has 192 valence electrons. The maximum Gasteiger partial charge on any atom is 0.255 e. The minimum absolute atomic E-state index is 0.0454. The molecule has 0 atom stereocenters. The monoisotopic (exact) mass is 538 g/mol. The summed E-state index contributed by atoms with van der Waals surface area (Å²) in [4.78, 5) is 41.9. The highest BCUT2D eigenvalue weighted by atomic mass is 35.5. The van der Waals surface area contributed by atoms with E-state index in [-0.39, 0.29) is 17.7 Å². The Morgan fingerprint density at radius 1 is 0.811 bits per heavy atom. The molecule has 1 heterocycles. The van der Waals surface area contributed by atoms with Gasteiger partial charge in [0.05, 0.1) is 11.4 Å². The third-order valence-electron chi connectivity index (χ3n) is 6.24. The van der Waals surface area contributed by atoms with Gasteiger partial charge in [0.25, 0.3) is 11.8 Å². The minimum Gasteiger partial charge on any atom is -0.368 e. The Kier molecular flexibility index (Phi) is 8.69. The van der Waals surface area contributed by atoms with Crippen LogP contribution in [0.15, 0.2) is 66.7 Å². The lowest BCUT2D eigenvalue weighted by Gasteiger charge is -2.26. The van der Waals surface area contributed by atoms with Gasteiger partial charge in [0.15, 0.2) is 0 Å². The molecule has 37 heavy (non-hydrogen) atoms. The second-order valence-corrected chi connectivity index (χ2v) is 9.73. The largest absolute Gasteiger partial charge is 0.368 e. The molecule has 0 aromatic heterocycles. The maximum absolute atomic E-state index is 13.1. The molecule has 3 aromatic rings. The van der Waals surface area contributed by atoms with Crippen LogP contribution in [-0.4, -0.2) is 48.8 Å². The quantitative estimate of drug-likeness (QED) is 0.450. The number of carbonyl (C=O) groups excluding carboxylic acids is 3. The zero-order valence-electron chi connectivity index (χ0n) is 20.5. The van der Waals surface area contributed by atoms with E-state index in [1.807, 2.05) is 23.1 Å². The average molecular weight is 539 g/mol. The van der Waals surface area contributed by atoms with Gasteiger partial charge in [0.2, 0.25) is 5.91 Å². The summed E-state index contributed by atoms with van der Waals surface area (Å²) in [6, 6.07) is 19.2. The molecular weight excluding hydrogens is 511 g/mol. The van der Waals surface area contributed by atoms with Crippen LogP contribution in [0.5, 0.6) is 0 Å². The Bertz CT molecular complexity index is 1300. The van der Waals surface area contributed by atoms with E-state index in [1.54, 1.807) is 55.5 Å². The number of hydrogen-bond donors (Lipinski definition) is 2. The second kappa shape index (κ2) is 12.1. The first kappa shape index (κ1) is 26.5. The van der Waals surface area contributed by atoms with Crippen molar-refractivity contribution in [2.45, 2.75) is 19.9 Å². The van der Waals surface area contributed by atoms with Crippen molar-refractivity contribution in [3.05, 3.63) is 93.5 Å². The Labute approximate surface area is 226 Å². The molecule has 1 aliphatic heterocycles. The Morgan fingerprint density at radius 2 is 1.57 bits per heavy atom. The normalized spacial score (nSPS) is 13.6. The minimum atomic E-state index is -0.331. The van der Waals surface area contributed by atoms with Gasteiger partial charge >= 0.3 is 0 Å². The van der Waals surface area contributed by atoms with Crippen LogP contribution in [0.2, 0.25) is 10.0 Å². The van der Waals surface area contributed by atoms with Gasteiger partial charge < -0.3 is 20.4 Å². The van der Waals surface area contributed by atoms with Gasteiger partial charge in [-0.25, -0.2) is 0 Å². The molecule has 2 N–H and O–H groups in total. The molecule has 0 radical (unpaired) electrons. The summed E-state index contributed by atoms with van der Waals surface area (Å²) in [5.41, 5.74) is 3.05. The van der Waals surface area contributed by atoms with Crippen LogP contribution in [0.25, 0.3) is 0 Å². The summed E-state index contributed by atoms with van der Waals surface area (Å²) in [5.74, 6) is -0.551. The number of anilines is 2. The molecule has 3 amide bonds. The van der Waals surface area contributed by atoms with Crippen LogP contribution in [0.3, 0.4) is 0 Å². The van der Waals surface area contributed by atoms with Gasteiger partial charge in [-0.05, 0) is 60.5 Å². The van der Waals surface area contributed by atoms with Gasteiger partial charge in [-0.1, -0.05) is 41.4 Å². The van der Waals surface area contributed by atoms with Crippen LogP contribution >= 0.6 is 23.2 Å². The average Bonchev–Trinajstić information content (AvgIpc) is 3.15. The Balaban J connectivity index is 1.58. The van der Waals surface area contributed by atoms with Crippen molar-refractivity contribution in [2.24, 2.45) is 0 Å². The fourth-order valence-electron chi connectivity index (χ4n) is 4.24. The van der Waals surface area contributed by atoms with Crippen molar-refractivity contribution in [1.29, 1.82) is 0 Å². The van der Waals surface area contributed by atoms with Crippen molar-refractivity contribution >= 4 is 52.3 Å². The lowest BCUT2D eigenvalue weighted by Crippen LogP contribution is -2.34. The first-order valence-electron chi connectivity index (χ1n) is 12.0. The lowest BCUT2D eigenvalue weighted by molar-refractivity contribution is -0.128. The third-order valence-corrected chi connectivity index (χ3v) is 6.73. The Morgan fingerprint density at radius 3 is 2.30 bits per heavy atom. The first-order chi connectivity index (χ1) is 17.8. The number of halogens is 2. The third kappa shape index (κ3) is 7.02. The summed E-state index contributed by atoms with van der Waals surface area (Å²) in [6.07, 6.45) is 0.796. The topological polar surface area (TPSA) is 81.8 Å². The van der Waals surface area contributed by atoms with Gasteiger partial charge in [-0.15, -0.1) is 0 Å². The molecule has 0 aliphatic carbocycles. The molecule has 9 heteroatoms. The fourth-order valence-corrected chi connectivity index (χ4v) is 4.55. The van der Waals surface area contributed by atoms with Gasteiger partial charge in [-0.3, -0.25) is 14.4 Å². The van der Waals surface area contributed by atoms with E-state index >= 15 is 0 Å². The van der Waals surface area contributed by atoms with E-state index in [0.29, 0.717) is 59.6 Å². The van der Waals surface area contributed by atoms with E-state index < -0.39 is 0 Å². The molecular formula is C28H28Cl2N4O3. The molecule has 7 nitrogen and oxygen atoms in total. The SMILES string of the molecule is CC(=O)N1CCCN(c2ccc(C(=O)NCc3ccc(Cl)cc3)cc2NC(=O)c2cccc(Cl)c2)CC1. The summed E-state index contributed by atoms with van der Waals surface area (Å²) in [5, 5.41) is 6.97. The van der Waals surface area contributed by atoms with E-state index in [9.17, 15) is 14.4 Å². The molecule has 4 rings (SSSR count). The van der Waals surface area contributed by atoms with Crippen LogP contribution in [0, 0.1) is 0 Å². The highest BCUT2D eigenvalue weighted by Crippen LogP contribution is 2.29. The van der Waals surface area contributed by atoms with E-state index in [1.165, 1.54) is 0 Å². The summed E-state index contributed by atoms with van der Waals surface area (Å²) in [6.45, 7) is 4.51. The molecule has 0 bridgehead atoms. The summed E-state index contributed by atoms with van der Waals surface area (Å²) >= 11 is 12.0. The maximum atomic E-state index is 13.1. The number of benzene rings is 3. The predicted octanol–water partition coefficient (Wildman–Crippen LogP) is 5.23. The van der Waals surface area contributed by atoms with Crippen LogP contribution < -0.4 is 15.5 Å². The number of hydrogen-bond acceptors (Lipinski definition) is 4. The van der Waals surface area contributed by atoms with Gasteiger partial charge in [0.1, 0.15) is 0 Å². The first-order valence-corrected chi connectivity index (χ1v) is 12.8. The zero-order valence-corrected chi connectivity index (χ0v) is 22.0. The highest BCUT2D eigenvalue weighted by molar-refractivity contribution is 6.31. The van der Waals surface area contributed by atoms with Crippen LogP contribution in [0.4, 0.5) is 11.4 Å². The van der Waals surface area contributed by atoms with Crippen LogP contribution in [-0.2, 0) is 11.3 Å². The second-order valence-electron chi connectivity index (χ2n) is 8.85. The molecule has 1 aliphatic rings. The van der Waals surface area contributed by atoms with Crippen molar-refractivity contribution in [3.63, 3.8) is 0 Å². The molecule has 3 aromatic carbocycles. The number of rotatable bonds is 6. The highest BCUT2D eigenvalue weighted by Gasteiger charge is 2.21. The van der Waals surface area contributed by atoms with Gasteiger partial charge in [-0.2, -0.15) is 0 Å². The van der Waals surface area contributed by atoms with Gasteiger partial charge in [0, 0.05) is 60.8 Å². The van der Waals surface area contributed by atoms with E-state index in [4.69, 9.17) is 23.2 Å². The van der Waals surface area contributed by atoms with Crippen molar-refractivity contribution in [3.8, 4) is 0 Å². The fraction of sp³-hybridized carbons (Fsp3) is 0.250. The molecule has 0 unspecified atom stereocenters. The standard InChI is InChI=1S/C28H28Cl2N4O3/c1-19(35)33-12-3-13-34(15-14-33)26-11-8-22(27(36)31-18-20-6-9-23(29)10-7-20)17-25(26)32-28(37)21-4-2-5-24(30)16-21/h2,4-11,16-17H,3,12-15,18H2,1H3,(H,31,36)(H,32,37). The summed E-state index contributed by atoms with van der Waals surface area (Å²) in [7, 11) is 0. The lowest BCUT2D eigenvalue weighted by atomic mass is 10.1. The molecule has 0 saturated carbocycles. The number of nitrogens with one attached hydrogen (secondary N) is 2. The van der Waals surface area contributed by atoms with Crippen molar-refractivity contribution in [2.75, 3.05) is 36.4 Å². The van der Waals surface area contributed by atoms with Crippen molar-refractivity contribution in [1.82, 2.24) is 10.2 Å². The molecule has 1 saturated heterocycles. The predicted molar refractivity (Wildman–Crippen MR) is 148 cm³/mol. The smallest absolute Gasteiger partial charge is 0.255 e. The molecule has 1 fully saturated rings. The van der Waals surface area contributed by atoms with E-state index in [2.05, 4.69) is 15.5 Å².